The van der Waals surface area contributed by atoms with E-state index in [9.17, 15) is 14.7 Å². The maximum Gasteiger partial charge on any atom is 0.296 e. The Morgan fingerprint density at radius 1 is 1.23 bits per heavy atom. The van der Waals surface area contributed by atoms with Crippen LogP contribution in [0.3, 0.4) is 0 Å². The quantitative estimate of drug-likeness (QED) is 0.325. The summed E-state index contributed by atoms with van der Waals surface area (Å²) in [6.07, 6.45) is 2.24. The van der Waals surface area contributed by atoms with Crippen LogP contribution in [-0.2, 0) is 11.2 Å². The van der Waals surface area contributed by atoms with Crippen molar-refractivity contribution >= 4 is 39.9 Å². The van der Waals surface area contributed by atoms with Crippen LogP contribution in [0.25, 0.3) is 0 Å². The van der Waals surface area contributed by atoms with E-state index >= 15 is 0 Å². The van der Waals surface area contributed by atoms with Crippen molar-refractivity contribution in [2.24, 2.45) is 0 Å². The molecule has 1 unspecified atom stereocenters. The SMILES string of the molecule is CCSc1nnc(N2C(=O)C(O)=C(C(=O)c3ccco3)C2c2ccc(CC)cc2)s1. The normalized spacial score (nSPS) is 16.5. The van der Waals surface area contributed by atoms with Gasteiger partial charge in [-0.2, -0.15) is 0 Å². The van der Waals surface area contributed by atoms with Crippen LogP contribution >= 0.6 is 23.1 Å². The van der Waals surface area contributed by atoms with E-state index in [1.54, 1.807) is 6.07 Å². The van der Waals surface area contributed by atoms with E-state index in [0.717, 1.165) is 17.7 Å². The Morgan fingerprint density at radius 2 is 2.00 bits per heavy atom. The summed E-state index contributed by atoms with van der Waals surface area (Å²) >= 11 is 2.76. The lowest BCUT2D eigenvalue weighted by Crippen LogP contribution is -2.31. The summed E-state index contributed by atoms with van der Waals surface area (Å²) in [5.41, 5.74) is 1.79. The molecule has 0 radical (unpaired) electrons. The Kier molecular flexibility index (Phi) is 5.74. The predicted octanol–water partition coefficient (Wildman–Crippen LogP) is 4.59. The number of furan rings is 1. The topological polar surface area (TPSA) is 96.5 Å². The number of hydrogen-bond donors (Lipinski definition) is 1. The average molecular weight is 442 g/mol. The van der Waals surface area contributed by atoms with E-state index in [1.807, 2.05) is 38.1 Å². The Balaban J connectivity index is 1.82. The first-order valence-electron chi connectivity index (χ1n) is 9.45. The highest BCUT2D eigenvalue weighted by Crippen LogP contribution is 2.43. The smallest absolute Gasteiger partial charge is 0.296 e. The van der Waals surface area contributed by atoms with Gasteiger partial charge in [-0.25, -0.2) is 0 Å². The van der Waals surface area contributed by atoms with Gasteiger partial charge < -0.3 is 9.52 Å². The van der Waals surface area contributed by atoms with Gasteiger partial charge >= 0.3 is 0 Å². The Labute approximate surface area is 181 Å². The summed E-state index contributed by atoms with van der Waals surface area (Å²) in [7, 11) is 0. The van der Waals surface area contributed by atoms with E-state index in [1.165, 1.54) is 40.3 Å². The number of Topliss-reactive ketones (excluding diaryl/α,β-unsaturated/α-hetero) is 1. The summed E-state index contributed by atoms with van der Waals surface area (Å²) in [6.45, 7) is 4.05. The fourth-order valence-electron chi connectivity index (χ4n) is 3.31. The van der Waals surface area contributed by atoms with Crippen LogP contribution in [0.4, 0.5) is 5.13 Å². The van der Waals surface area contributed by atoms with Gasteiger partial charge in [0.25, 0.3) is 5.91 Å². The van der Waals surface area contributed by atoms with Crippen LogP contribution in [0.2, 0.25) is 0 Å². The third-order valence-corrected chi connectivity index (χ3v) is 6.71. The number of amides is 1. The largest absolute Gasteiger partial charge is 0.503 e. The Hall–Kier alpha value is -2.91. The number of aryl methyl sites for hydroxylation is 1. The zero-order valence-electron chi connectivity index (χ0n) is 16.4. The summed E-state index contributed by atoms with van der Waals surface area (Å²) in [5.74, 6) is -0.943. The number of nitrogens with zero attached hydrogens (tertiary/aromatic N) is 3. The lowest BCUT2D eigenvalue weighted by molar-refractivity contribution is -0.117. The molecule has 2 aromatic heterocycles. The monoisotopic (exact) mass is 441 g/mol. The maximum atomic E-state index is 13.1. The molecule has 0 fully saturated rings. The zero-order chi connectivity index (χ0) is 21.3. The fraction of sp³-hybridized carbons (Fsp3) is 0.238. The molecule has 9 heteroatoms. The molecule has 0 bridgehead atoms. The molecule has 1 atom stereocenters. The predicted molar refractivity (Wildman–Crippen MR) is 115 cm³/mol. The van der Waals surface area contributed by atoms with E-state index in [-0.39, 0.29) is 11.3 Å². The number of benzene rings is 1. The Morgan fingerprint density at radius 3 is 2.63 bits per heavy atom. The van der Waals surface area contributed by atoms with Gasteiger partial charge in [-0.05, 0) is 35.4 Å². The van der Waals surface area contributed by atoms with Crippen molar-refractivity contribution in [3.63, 3.8) is 0 Å². The fourth-order valence-corrected chi connectivity index (χ4v) is 5.07. The summed E-state index contributed by atoms with van der Waals surface area (Å²) in [6, 6.07) is 9.88. The highest BCUT2D eigenvalue weighted by molar-refractivity contribution is 8.01. The molecular formula is C21H19N3O4S2. The second-order valence-corrected chi connectivity index (χ2v) is 8.99. The number of aliphatic hydroxyl groups excluding tert-OH is 1. The summed E-state index contributed by atoms with van der Waals surface area (Å²) in [4.78, 5) is 27.5. The van der Waals surface area contributed by atoms with Gasteiger partial charge in [-0.15, -0.1) is 10.2 Å². The number of aromatic nitrogens is 2. The molecule has 0 aliphatic carbocycles. The molecule has 4 rings (SSSR count). The number of aliphatic hydroxyl groups is 1. The van der Waals surface area contributed by atoms with Gasteiger partial charge in [0.15, 0.2) is 15.9 Å². The minimum Gasteiger partial charge on any atom is -0.503 e. The molecule has 1 aliphatic heterocycles. The van der Waals surface area contributed by atoms with Gasteiger partial charge in [0.2, 0.25) is 10.9 Å². The number of hydrogen-bond acceptors (Lipinski definition) is 8. The van der Waals surface area contributed by atoms with Crippen molar-refractivity contribution in [3.05, 3.63) is 70.9 Å². The molecule has 1 amide bonds. The van der Waals surface area contributed by atoms with Crippen molar-refractivity contribution < 1.29 is 19.1 Å². The molecule has 3 heterocycles. The molecule has 3 aromatic rings. The van der Waals surface area contributed by atoms with Gasteiger partial charge in [-0.1, -0.05) is 61.2 Å². The first-order chi connectivity index (χ1) is 14.5. The van der Waals surface area contributed by atoms with E-state index in [2.05, 4.69) is 10.2 Å². The van der Waals surface area contributed by atoms with Gasteiger partial charge in [0, 0.05) is 0 Å². The zero-order valence-corrected chi connectivity index (χ0v) is 18.0. The van der Waals surface area contributed by atoms with Crippen molar-refractivity contribution in [3.8, 4) is 0 Å². The molecule has 0 spiro atoms. The molecule has 1 aromatic carbocycles. The highest BCUT2D eigenvalue weighted by Gasteiger charge is 2.46. The Bertz CT molecular complexity index is 1100. The van der Waals surface area contributed by atoms with Crippen LogP contribution < -0.4 is 4.90 Å². The maximum absolute atomic E-state index is 13.1. The number of rotatable bonds is 7. The van der Waals surface area contributed by atoms with Gasteiger partial charge in [0.1, 0.15) is 0 Å². The molecular weight excluding hydrogens is 422 g/mol. The van der Waals surface area contributed by atoms with E-state index in [0.29, 0.717) is 15.0 Å². The van der Waals surface area contributed by atoms with Crippen LogP contribution in [0.5, 0.6) is 0 Å². The third-order valence-electron chi connectivity index (χ3n) is 4.77. The number of carbonyl (C=O) groups excluding carboxylic acids is 2. The van der Waals surface area contributed by atoms with Crippen LogP contribution in [0.15, 0.2) is 62.8 Å². The molecule has 30 heavy (non-hydrogen) atoms. The molecule has 0 saturated carbocycles. The van der Waals surface area contributed by atoms with Crippen LogP contribution in [-0.4, -0.2) is 32.7 Å². The lowest BCUT2D eigenvalue weighted by Gasteiger charge is -2.24. The molecule has 7 nitrogen and oxygen atoms in total. The number of anilines is 1. The van der Waals surface area contributed by atoms with Gasteiger partial charge in [0.05, 0.1) is 17.9 Å². The van der Waals surface area contributed by atoms with Crippen molar-refractivity contribution in [1.82, 2.24) is 10.2 Å². The molecule has 154 valence electrons. The van der Waals surface area contributed by atoms with E-state index in [4.69, 9.17) is 4.42 Å². The lowest BCUT2D eigenvalue weighted by atomic mass is 9.94. The van der Waals surface area contributed by atoms with Crippen molar-refractivity contribution in [2.75, 3.05) is 10.7 Å². The molecule has 0 saturated heterocycles. The van der Waals surface area contributed by atoms with Crippen molar-refractivity contribution in [2.45, 2.75) is 30.6 Å². The molecule has 1 aliphatic rings. The first-order valence-corrected chi connectivity index (χ1v) is 11.2. The minimum absolute atomic E-state index is 0.0286. The highest BCUT2D eigenvalue weighted by atomic mass is 32.2. The minimum atomic E-state index is -0.826. The third kappa shape index (κ3) is 3.54. The number of thioether (sulfide) groups is 1. The number of ketones is 1. The number of carbonyl (C=O) groups is 2. The van der Waals surface area contributed by atoms with Crippen LogP contribution in [0.1, 0.15) is 41.6 Å². The molecule has 1 N–H and O–H groups in total. The average Bonchev–Trinajstić information content (AvgIpc) is 3.49. The summed E-state index contributed by atoms with van der Waals surface area (Å²) < 4.78 is 5.95. The van der Waals surface area contributed by atoms with Crippen molar-refractivity contribution in [1.29, 1.82) is 0 Å². The van der Waals surface area contributed by atoms with Gasteiger partial charge in [-0.3, -0.25) is 14.5 Å². The second-order valence-electron chi connectivity index (χ2n) is 6.53. The second kappa shape index (κ2) is 8.45. The standard InChI is InChI=1S/C21H19N3O4S2/c1-3-12-7-9-13(10-8-12)16-15(17(25)14-6-5-11-28-14)18(26)19(27)24(16)20-22-23-21(30-20)29-4-2/h5-11,16,26H,3-4H2,1-2H3. The van der Waals surface area contributed by atoms with Crippen LogP contribution in [0, 0.1) is 0 Å². The first kappa shape index (κ1) is 20.4. The van der Waals surface area contributed by atoms with E-state index < -0.39 is 23.5 Å². The summed E-state index contributed by atoms with van der Waals surface area (Å²) in [5, 5.41) is 19.3.